The van der Waals surface area contributed by atoms with Gasteiger partial charge in [0.1, 0.15) is 11.0 Å². The SMILES string of the molecule is Cc1cc(Cl)nc(CN(Cc2ccccc2)C(C)C)n1. The Kier molecular flexibility index (Phi) is 5.10. The largest absolute Gasteiger partial charge is 0.289 e. The van der Waals surface area contributed by atoms with Crippen LogP contribution in [0.5, 0.6) is 0 Å². The first-order valence-electron chi connectivity index (χ1n) is 6.82. The van der Waals surface area contributed by atoms with Gasteiger partial charge < -0.3 is 0 Å². The number of aryl methyl sites for hydroxylation is 1. The lowest BCUT2D eigenvalue weighted by Crippen LogP contribution is -2.30. The van der Waals surface area contributed by atoms with Gasteiger partial charge >= 0.3 is 0 Å². The van der Waals surface area contributed by atoms with Gasteiger partial charge in [0.05, 0.1) is 6.54 Å². The van der Waals surface area contributed by atoms with Crippen molar-refractivity contribution in [3.8, 4) is 0 Å². The van der Waals surface area contributed by atoms with Crippen molar-refractivity contribution in [3.63, 3.8) is 0 Å². The summed E-state index contributed by atoms with van der Waals surface area (Å²) in [6.45, 7) is 7.88. The van der Waals surface area contributed by atoms with E-state index in [1.54, 1.807) is 6.07 Å². The third-order valence-electron chi connectivity index (χ3n) is 3.17. The number of hydrogen-bond acceptors (Lipinski definition) is 3. The van der Waals surface area contributed by atoms with Crippen LogP contribution in [0.15, 0.2) is 36.4 Å². The van der Waals surface area contributed by atoms with E-state index in [1.165, 1.54) is 5.56 Å². The molecule has 1 heterocycles. The second-order valence-electron chi connectivity index (χ2n) is 5.23. The zero-order valence-electron chi connectivity index (χ0n) is 12.2. The number of halogens is 1. The molecule has 0 amide bonds. The third-order valence-corrected chi connectivity index (χ3v) is 3.37. The zero-order valence-corrected chi connectivity index (χ0v) is 12.9. The summed E-state index contributed by atoms with van der Waals surface area (Å²) < 4.78 is 0. The molecule has 0 spiro atoms. The summed E-state index contributed by atoms with van der Waals surface area (Å²) in [4.78, 5) is 11.1. The maximum atomic E-state index is 6.00. The van der Waals surface area contributed by atoms with E-state index in [9.17, 15) is 0 Å². The number of aromatic nitrogens is 2. The molecule has 0 N–H and O–H groups in total. The molecule has 0 aliphatic rings. The first-order chi connectivity index (χ1) is 9.54. The molecule has 0 fully saturated rings. The summed E-state index contributed by atoms with van der Waals surface area (Å²) in [5.41, 5.74) is 2.20. The van der Waals surface area contributed by atoms with Crippen LogP contribution in [-0.2, 0) is 13.1 Å². The van der Waals surface area contributed by atoms with Gasteiger partial charge in [0.25, 0.3) is 0 Å². The van der Waals surface area contributed by atoms with Crippen LogP contribution in [0, 0.1) is 6.92 Å². The third kappa shape index (κ3) is 4.29. The first kappa shape index (κ1) is 14.9. The minimum atomic E-state index is 0.415. The average molecular weight is 290 g/mol. The lowest BCUT2D eigenvalue weighted by atomic mass is 10.2. The first-order valence-corrected chi connectivity index (χ1v) is 7.20. The molecule has 0 saturated carbocycles. The van der Waals surface area contributed by atoms with Gasteiger partial charge in [-0.05, 0) is 32.4 Å². The molecular weight excluding hydrogens is 270 g/mol. The summed E-state index contributed by atoms with van der Waals surface area (Å²) in [5.74, 6) is 0.777. The van der Waals surface area contributed by atoms with Crippen LogP contribution in [0.3, 0.4) is 0 Å². The fourth-order valence-electron chi connectivity index (χ4n) is 2.08. The second-order valence-corrected chi connectivity index (χ2v) is 5.62. The fraction of sp³-hybridized carbons (Fsp3) is 0.375. The monoisotopic (exact) mass is 289 g/mol. The Morgan fingerprint density at radius 2 is 1.80 bits per heavy atom. The van der Waals surface area contributed by atoms with Crippen molar-refractivity contribution in [3.05, 3.63) is 58.6 Å². The van der Waals surface area contributed by atoms with Crippen LogP contribution >= 0.6 is 11.6 Å². The summed E-state index contributed by atoms with van der Waals surface area (Å²) in [6, 6.07) is 12.6. The van der Waals surface area contributed by atoms with Crippen molar-refractivity contribution < 1.29 is 0 Å². The second kappa shape index (κ2) is 6.82. The van der Waals surface area contributed by atoms with Gasteiger partial charge in [-0.3, -0.25) is 4.90 Å². The van der Waals surface area contributed by atoms with Crippen LogP contribution in [-0.4, -0.2) is 20.9 Å². The molecule has 0 unspecified atom stereocenters. The minimum absolute atomic E-state index is 0.415. The fourth-order valence-corrected chi connectivity index (χ4v) is 2.34. The maximum absolute atomic E-state index is 6.00. The topological polar surface area (TPSA) is 29.0 Å². The zero-order chi connectivity index (χ0) is 14.5. The quantitative estimate of drug-likeness (QED) is 0.783. The highest BCUT2D eigenvalue weighted by atomic mass is 35.5. The highest BCUT2D eigenvalue weighted by molar-refractivity contribution is 6.29. The highest BCUT2D eigenvalue weighted by Crippen LogP contribution is 2.13. The molecule has 2 aromatic rings. The highest BCUT2D eigenvalue weighted by Gasteiger charge is 2.13. The predicted octanol–water partition coefficient (Wildman–Crippen LogP) is 3.85. The molecule has 0 atom stereocenters. The lowest BCUT2D eigenvalue weighted by Gasteiger charge is -2.25. The van der Waals surface area contributed by atoms with Crippen molar-refractivity contribution >= 4 is 11.6 Å². The molecule has 0 aliphatic carbocycles. The summed E-state index contributed by atoms with van der Waals surface area (Å²) in [6.07, 6.45) is 0. The average Bonchev–Trinajstić information content (AvgIpc) is 2.38. The van der Waals surface area contributed by atoms with Gasteiger partial charge in [0.15, 0.2) is 0 Å². The normalized spacial score (nSPS) is 11.3. The van der Waals surface area contributed by atoms with E-state index in [1.807, 2.05) is 13.0 Å². The van der Waals surface area contributed by atoms with Gasteiger partial charge in [-0.1, -0.05) is 41.9 Å². The molecule has 2 rings (SSSR count). The molecule has 0 bridgehead atoms. The molecule has 106 valence electrons. The molecule has 1 aromatic carbocycles. The summed E-state index contributed by atoms with van der Waals surface area (Å²) >= 11 is 6.00. The van der Waals surface area contributed by atoms with Crippen molar-refractivity contribution in [2.75, 3.05) is 0 Å². The molecule has 0 radical (unpaired) electrons. The van der Waals surface area contributed by atoms with E-state index in [4.69, 9.17) is 11.6 Å². The van der Waals surface area contributed by atoms with Gasteiger partial charge in [-0.2, -0.15) is 0 Å². The molecule has 0 saturated heterocycles. The van der Waals surface area contributed by atoms with Crippen LogP contribution < -0.4 is 0 Å². The minimum Gasteiger partial charge on any atom is -0.289 e. The molecule has 4 heteroatoms. The van der Waals surface area contributed by atoms with E-state index in [0.29, 0.717) is 17.7 Å². The van der Waals surface area contributed by atoms with E-state index >= 15 is 0 Å². The Hall–Kier alpha value is -1.45. The Morgan fingerprint density at radius 3 is 2.40 bits per heavy atom. The van der Waals surface area contributed by atoms with E-state index < -0.39 is 0 Å². The van der Waals surface area contributed by atoms with Crippen molar-refractivity contribution in [1.82, 2.24) is 14.9 Å². The molecule has 1 aromatic heterocycles. The molecule has 20 heavy (non-hydrogen) atoms. The number of rotatable bonds is 5. The van der Waals surface area contributed by atoms with Gasteiger partial charge in [0.2, 0.25) is 0 Å². The Bertz CT molecular complexity index is 535. The Labute approximate surface area is 125 Å². The summed E-state index contributed by atoms with van der Waals surface area (Å²) in [7, 11) is 0. The number of nitrogens with zero attached hydrogens (tertiary/aromatic N) is 3. The van der Waals surface area contributed by atoms with Crippen LogP contribution in [0.2, 0.25) is 5.15 Å². The smallest absolute Gasteiger partial charge is 0.144 e. The van der Waals surface area contributed by atoms with Gasteiger partial charge in [0, 0.05) is 18.3 Å². The Balaban J connectivity index is 2.13. The van der Waals surface area contributed by atoms with Crippen LogP contribution in [0.1, 0.15) is 30.9 Å². The Morgan fingerprint density at radius 1 is 1.10 bits per heavy atom. The van der Waals surface area contributed by atoms with Crippen LogP contribution in [0.4, 0.5) is 0 Å². The molecular formula is C16H20ClN3. The van der Waals surface area contributed by atoms with E-state index in [0.717, 1.165) is 18.1 Å². The van der Waals surface area contributed by atoms with Crippen molar-refractivity contribution in [1.29, 1.82) is 0 Å². The molecule has 0 aliphatic heterocycles. The van der Waals surface area contributed by atoms with Crippen LogP contribution in [0.25, 0.3) is 0 Å². The van der Waals surface area contributed by atoms with Gasteiger partial charge in [-0.15, -0.1) is 0 Å². The predicted molar refractivity (Wildman–Crippen MR) is 82.6 cm³/mol. The maximum Gasteiger partial charge on any atom is 0.144 e. The lowest BCUT2D eigenvalue weighted by molar-refractivity contribution is 0.198. The molecule has 3 nitrogen and oxygen atoms in total. The van der Waals surface area contributed by atoms with Crippen molar-refractivity contribution in [2.45, 2.75) is 39.9 Å². The number of benzene rings is 1. The van der Waals surface area contributed by atoms with E-state index in [2.05, 4.69) is 53.0 Å². The van der Waals surface area contributed by atoms with Gasteiger partial charge in [-0.25, -0.2) is 9.97 Å². The van der Waals surface area contributed by atoms with E-state index in [-0.39, 0.29) is 0 Å². The van der Waals surface area contributed by atoms with Crippen molar-refractivity contribution in [2.24, 2.45) is 0 Å². The summed E-state index contributed by atoms with van der Waals surface area (Å²) in [5, 5.41) is 0.510. The standard InChI is InChI=1S/C16H20ClN3/c1-12(2)20(10-14-7-5-4-6-8-14)11-16-18-13(3)9-15(17)19-16/h4-9,12H,10-11H2,1-3H3. The number of hydrogen-bond donors (Lipinski definition) is 0.